The Labute approximate surface area is 133 Å². The van der Waals surface area contributed by atoms with Gasteiger partial charge in [0.1, 0.15) is 0 Å². The third kappa shape index (κ3) is 2.98. The Kier molecular flexibility index (Phi) is 4.29. The summed E-state index contributed by atoms with van der Waals surface area (Å²) in [4.78, 5) is 1.19. The molecule has 0 fully saturated rings. The average molecular weight is 320 g/mol. The summed E-state index contributed by atoms with van der Waals surface area (Å²) in [6.07, 6.45) is 3.04. The highest BCUT2D eigenvalue weighted by Crippen LogP contribution is 2.34. The van der Waals surface area contributed by atoms with Gasteiger partial charge in [-0.05, 0) is 12.5 Å². The van der Waals surface area contributed by atoms with Crippen LogP contribution in [0.4, 0.5) is 0 Å². The van der Waals surface area contributed by atoms with E-state index in [2.05, 4.69) is 41.7 Å². The molecule has 0 aliphatic heterocycles. The van der Waals surface area contributed by atoms with Crippen LogP contribution in [0.25, 0.3) is 10.1 Å². The molecule has 0 spiro atoms. The van der Waals surface area contributed by atoms with Gasteiger partial charge in [0.15, 0.2) is 0 Å². The Hall–Kier alpha value is -1.36. The number of thiophene rings is 1. The lowest BCUT2D eigenvalue weighted by molar-refractivity contribution is 0.695. The van der Waals surface area contributed by atoms with Gasteiger partial charge < -0.3 is 5.32 Å². The van der Waals surface area contributed by atoms with Gasteiger partial charge in [-0.2, -0.15) is 5.10 Å². The van der Waals surface area contributed by atoms with E-state index in [1.807, 2.05) is 17.8 Å². The van der Waals surface area contributed by atoms with Gasteiger partial charge in [0.05, 0.1) is 10.7 Å². The maximum Gasteiger partial charge on any atom is 0.0666 e. The molecule has 0 saturated heterocycles. The van der Waals surface area contributed by atoms with E-state index in [1.165, 1.54) is 15.1 Å². The highest BCUT2D eigenvalue weighted by atomic mass is 35.5. The van der Waals surface area contributed by atoms with Crippen molar-refractivity contribution in [2.45, 2.75) is 26.4 Å². The van der Waals surface area contributed by atoms with Crippen LogP contribution in [0.3, 0.4) is 0 Å². The van der Waals surface area contributed by atoms with E-state index in [0.29, 0.717) is 0 Å². The number of hydrogen-bond acceptors (Lipinski definition) is 3. The molecule has 110 valence electrons. The molecule has 5 heteroatoms. The maximum atomic E-state index is 6.46. The Morgan fingerprint density at radius 1 is 1.29 bits per heavy atom. The molecule has 3 aromatic rings. The second kappa shape index (κ2) is 6.18. The average Bonchev–Trinajstić information content (AvgIpc) is 3.00. The fourth-order valence-corrected chi connectivity index (χ4v) is 3.99. The molecule has 0 atom stereocenters. The second-order valence-electron chi connectivity index (χ2n) is 5.07. The van der Waals surface area contributed by atoms with Crippen LogP contribution in [-0.2, 0) is 26.6 Å². The normalized spacial score (nSPS) is 11.4. The summed E-state index contributed by atoms with van der Waals surface area (Å²) in [7, 11) is 1.96. The molecule has 0 amide bonds. The lowest BCUT2D eigenvalue weighted by Crippen LogP contribution is -2.12. The summed E-state index contributed by atoms with van der Waals surface area (Å²) in [6, 6.07) is 8.27. The van der Waals surface area contributed by atoms with Crippen molar-refractivity contribution in [1.82, 2.24) is 15.1 Å². The fourth-order valence-electron chi connectivity index (χ4n) is 2.52. The lowest BCUT2D eigenvalue weighted by Gasteiger charge is -2.03. The first kappa shape index (κ1) is 14.6. The fraction of sp³-hybridized carbons (Fsp3) is 0.312. The first-order valence-electron chi connectivity index (χ1n) is 7.07. The summed E-state index contributed by atoms with van der Waals surface area (Å²) in [6.45, 7) is 3.74. The van der Waals surface area contributed by atoms with Crippen molar-refractivity contribution in [2.24, 2.45) is 7.05 Å². The quantitative estimate of drug-likeness (QED) is 0.766. The van der Waals surface area contributed by atoms with E-state index in [-0.39, 0.29) is 0 Å². The van der Waals surface area contributed by atoms with Gasteiger partial charge in [-0.3, -0.25) is 4.68 Å². The first-order valence-corrected chi connectivity index (χ1v) is 8.26. The summed E-state index contributed by atoms with van der Waals surface area (Å²) in [5.74, 6) is 0. The molecule has 0 bridgehead atoms. The van der Waals surface area contributed by atoms with Crippen LogP contribution >= 0.6 is 22.9 Å². The minimum atomic E-state index is 0.788. The number of benzene rings is 1. The monoisotopic (exact) mass is 319 g/mol. The lowest BCUT2D eigenvalue weighted by atomic mass is 10.2. The zero-order chi connectivity index (χ0) is 14.8. The van der Waals surface area contributed by atoms with Crippen molar-refractivity contribution in [3.63, 3.8) is 0 Å². The van der Waals surface area contributed by atoms with Crippen molar-refractivity contribution in [3.05, 3.63) is 51.6 Å². The van der Waals surface area contributed by atoms with Gasteiger partial charge in [-0.25, -0.2) is 0 Å². The molecule has 2 aromatic heterocycles. The van der Waals surface area contributed by atoms with Gasteiger partial charge in [0, 0.05) is 46.9 Å². The molecule has 3 nitrogen and oxygen atoms in total. The van der Waals surface area contributed by atoms with Crippen molar-refractivity contribution >= 4 is 33.0 Å². The standard InChI is InChI=1S/C16H18ClN3S/c1-3-13-11(10-20(2)19-13)8-18-9-15-16(17)12-6-4-5-7-14(12)21-15/h4-7,10,18H,3,8-9H2,1-2H3. The van der Waals surface area contributed by atoms with Crippen molar-refractivity contribution < 1.29 is 0 Å². The van der Waals surface area contributed by atoms with Crippen LogP contribution in [0.2, 0.25) is 5.02 Å². The molecule has 3 rings (SSSR count). The van der Waals surface area contributed by atoms with E-state index < -0.39 is 0 Å². The predicted molar refractivity (Wildman–Crippen MR) is 90.0 cm³/mol. The van der Waals surface area contributed by atoms with Gasteiger partial charge in [0.2, 0.25) is 0 Å². The topological polar surface area (TPSA) is 29.9 Å². The van der Waals surface area contributed by atoms with E-state index in [1.54, 1.807) is 11.3 Å². The van der Waals surface area contributed by atoms with Gasteiger partial charge >= 0.3 is 0 Å². The number of rotatable bonds is 5. The smallest absolute Gasteiger partial charge is 0.0666 e. The van der Waals surface area contributed by atoms with Crippen molar-refractivity contribution in [3.8, 4) is 0 Å². The zero-order valence-electron chi connectivity index (χ0n) is 12.2. The number of nitrogens with zero attached hydrogens (tertiary/aromatic N) is 2. The summed E-state index contributed by atoms with van der Waals surface area (Å²) >= 11 is 8.21. The molecule has 1 aromatic carbocycles. The second-order valence-corrected chi connectivity index (χ2v) is 6.58. The Balaban J connectivity index is 1.70. The van der Waals surface area contributed by atoms with Crippen molar-refractivity contribution in [1.29, 1.82) is 0 Å². The van der Waals surface area contributed by atoms with Crippen LogP contribution in [-0.4, -0.2) is 9.78 Å². The molecular formula is C16H18ClN3S. The predicted octanol–water partition coefficient (Wildman–Crippen LogP) is 4.14. The Bertz CT molecular complexity index is 760. The third-order valence-electron chi connectivity index (χ3n) is 3.53. The molecule has 1 N–H and O–H groups in total. The summed E-state index contributed by atoms with van der Waals surface area (Å²) in [5, 5.41) is 9.97. The Morgan fingerprint density at radius 2 is 2.10 bits per heavy atom. The number of aromatic nitrogens is 2. The van der Waals surface area contributed by atoms with Gasteiger partial charge in [0.25, 0.3) is 0 Å². The van der Waals surface area contributed by atoms with Crippen LogP contribution in [0.1, 0.15) is 23.1 Å². The largest absolute Gasteiger partial charge is 0.308 e. The molecule has 21 heavy (non-hydrogen) atoms. The number of aryl methyl sites for hydroxylation is 2. The van der Waals surface area contributed by atoms with E-state index in [9.17, 15) is 0 Å². The molecule has 2 heterocycles. The molecule has 0 radical (unpaired) electrons. The van der Waals surface area contributed by atoms with Crippen LogP contribution in [0.15, 0.2) is 30.5 Å². The number of fused-ring (bicyclic) bond motifs is 1. The van der Waals surface area contributed by atoms with E-state index in [0.717, 1.165) is 35.6 Å². The van der Waals surface area contributed by atoms with Gasteiger partial charge in [-0.1, -0.05) is 36.7 Å². The van der Waals surface area contributed by atoms with Gasteiger partial charge in [-0.15, -0.1) is 11.3 Å². The highest BCUT2D eigenvalue weighted by Gasteiger charge is 2.10. The molecular weight excluding hydrogens is 302 g/mol. The highest BCUT2D eigenvalue weighted by molar-refractivity contribution is 7.19. The van der Waals surface area contributed by atoms with Crippen LogP contribution < -0.4 is 5.32 Å². The van der Waals surface area contributed by atoms with Crippen molar-refractivity contribution in [2.75, 3.05) is 0 Å². The minimum absolute atomic E-state index is 0.788. The SMILES string of the molecule is CCc1nn(C)cc1CNCc1sc2ccccc2c1Cl. The first-order chi connectivity index (χ1) is 10.2. The molecule has 0 unspecified atom stereocenters. The summed E-state index contributed by atoms with van der Waals surface area (Å²) in [5.41, 5.74) is 2.42. The molecule has 0 saturated carbocycles. The summed E-state index contributed by atoms with van der Waals surface area (Å²) < 4.78 is 3.12. The number of hydrogen-bond donors (Lipinski definition) is 1. The van der Waals surface area contributed by atoms with E-state index in [4.69, 9.17) is 11.6 Å². The van der Waals surface area contributed by atoms with E-state index >= 15 is 0 Å². The minimum Gasteiger partial charge on any atom is -0.308 e. The zero-order valence-corrected chi connectivity index (χ0v) is 13.8. The third-order valence-corrected chi connectivity index (χ3v) is 5.24. The molecule has 0 aliphatic carbocycles. The molecule has 0 aliphatic rings. The Morgan fingerprint density at radius 3 is 2.86 bits per heavy atom. The number of nitrogens with one attached hydrogen (secondary N) is 1. The van der Waals surface area contributed by atoms with Crippen LogP contribution in [0.5, 0.6) is 0 Å². The maximum absolute atomic E-state index is 6.46. The van der Waals surface area contributed by atoms with Crippen LogP contribution in [0, 0.1) is 0 Å². The number of halogens is 1.